The highest BCUT2D eigenvalue weighted by Gasteiger charge is 2.10. The molecule has 0 unspecified atom stereocenters. The fourth-order valence-corrected chi connectivity index (χ4v) is 2.02. The molecule has 0 bridgehead atoms. The van der Waals surface area contributed by atoms with Gasteiger partial charge in [-0.3, -0.25) is 0 Å². The number of hydrogen-bond donors (Lipinski definition) is 0. The zero-order valence-electron chi connectivity index (χ0n) is 8.64. The van der Waals surface area contributed by atoms with Crippen molar-refractivity contribution in [1.82, 2.24) is 0 Å². The topological polar surface area (TPSA) is 30.2 Å². The second-order valence-corrected chi connectivity index (χ2v) is 3.77. The number of fused-ring (bicyclic) bond motifs is 3. The van der Waals surface area contributed by atoms with E-state index in [-0.39, 0.29) is 5.63 Å². The van der Waals surface area contributed by atoms with Crippen LogP contribution in [-0.4, -0.2) is 0 Å². The Balaban J connectivity index is 2.52. The first-order valence-electron chi connectivity index (χ1n) is 5.24. The lowest BCUT2D eigenvalue weighted by Gasteiger charge is -2.06. The van der Waals surface area contributed by atoms with Gasteiger partial charge in [-0.05, 0) is 24.1 Å². The molecule has 0 radical (unpaired) electrons. The summed E-state index contributed by atoms with van der Waals surface area (Å²) in [6, 6.07) is 0. The SMILES string of the molecule is O=c1oc2c(c3c1=CC=CC=C3)CC=CC=2. The normalized spacial score (nSPS) is 15.8. The van der Waals surface area contributed by atoms with Gasteiger partial charge in [0.15, 0.2) is 0 Å². The van der Waals surface area contributed by atoms with E-state index in [1.807, 2.05) is 36.5 Å². The minimum atomic E-state index is -0.267. The van der Waals surface area contributed by atoms with Gasteiger partial charge in [0, 0.05) is 5.56 Å². The molecule has 1 heterocycles. The highest BCUT2D eigenvalue weighted by Crippen LogP contribution is 2.07. The van der Waals surface area contributed by atoms with Gasteiger partial charge in [0.1, 0.15) is 5.42 Å². The van der Waals surface area contributed by atoms with Gasteiger partial charge in [-0.15, -0.1) is 0 Å². The second kappa shape index (κ2) is 3.49. The molecule has 0 aromatic carbocycles. The van der Waals surface area contributed by atoms with Gasteiger partial charge in [-0.25, -0.2) is 4.79 Å². The molecule has 0 saturated heterocycles. The van der Waals surface area contributed by atoms with Crippen LogP contribution in [0.3, 0.4) is 0 Å². The first kappa shape index (κ1) is 9.16. The number of hydrogen-bond acceptors (Lipinski definition) is 2. The number of allylic oxidation sites excluding steroid dienone is 5. The lowest BCUT2D eigenvalue weighted by molar-refractivity contribution is 0.466. The average molecular weight is 210 g/mol. The molecule has 0 atom stereocenters. The first-order valence-corrected chi connectivity index (χ1v) is 5.24. The maximum atomic E-state index is 11.8. The van der Waals surface area contributed by atoms with Crippen LogP contribution in [0.1, 0.15) is 11.1 Å². The van der Waals surface area contributed by atoms with E-state index in [0.717, 1.165) is 17.5 Å². The molecule has 0 saturated carbocycles. The van der Waals surface area contributed by atoms with Crippen molar-refractivity contribution in [3.8, 4) is 0 Å². The molecule has 2 aliphatic carbocycles. The van der Waals surface area contributed by atoms with E-state index in [1.54, 1.807) is 6.08 Å². The molecular weight excluding hydrogens is 200 g/mol. The van der Waals surface area contributed by atoms with E-state index in [0.29, 0.717) is 10.6 Å². The smallest absolute Gasteiger partial charge is 0.344 e. The summed E-state index contributed by atoms with van der Waals surface area (Å²) in [7, 11) is 0. The van der Waals surface area contributed by atoms with Crippen LogP contribution in [-0.2, 0) is 6.42 Å². The molecule has 0 spiro atoms. The Kier molecular flexibility index (Phi) is 2.00. The first-order chi connectivity index (χ1) is 7.86. The van der Waals surface area contributed by atoms with E-state index in [1.165, 1.54) is 0 Å². The molecule has 0 aliphatic heterocycles. The van der Waals surface area contributed by atoms with Gasteiger partial charge in [-0.2, -0.15) is 0 Å². The average Bonchev–Trinajstić information content (AvgIpc) is 2.55. The molecule has 2 heteroatoms. The molecule has 3 rings (SSSR count). The Morgan fingerprint density at radius 1 is 1.06 bits per heavy atom. The van der Waals surface area contributed by atoms with Crippen LogP contribution in [0, 0.1) is 0 Å². The quantitative estimate of drug-likeness (QED) is 0.636. The summed E-state index contributed by atoms with van der Waals surface area (Å²) in [6.45, 7) is 0. The number of rotatable bonds is 0. The molecule has 0 fully saturated rings. The third-order valence-corrected chi connectivity index (χ3v) is 2.79. The minimum Gasteiger partial charge on any atom is -0.423 e. The molecule has 0 N–H and O–H groups in total. The van der Waals surface area contributed by atoms with Crippen molar-refractivity contribution in [1.29, 1.82) is 0 Å². The molecule has 78 valence electrons. The Morgan fingerprint density at radius 2 is 2.00 bits per heavy atom. The summed E-state index contributed by atoms with van der Waals surface area (Å²) < 4.78 is 5.29. The summed E-state index contributed by atoms with van der Waals surface area (Å²) in [5.41, 5.74) is 2.49. The lowest BCUT2D eigenvalue weighted by Crippen LogP contribution is -2.34. The highest BCUT2D eigenvalue weighted by molar-refractivity contribution is 5.62. The molecule has 2 nitrogen and oxygen atoms in total. The third-order valence-electron chi connectivity index (χ3n) is 2.79. The highest BCUT2D eigenvalue weighted by atomic mass is 16.4. The van der Waals surface area contributed by atoms with Gasteiger partial charge in [0.2, 0.25) is 0 Å². The van der Waals surface area contributed by atoms with Crippen LogP contribution in [0.15, 0.2) is 39.6 Å². The predicted octanol–water partition coefficient (Wildman–Crippen LogP) is 0.896. The fourth-order valence-electron chi connectivity index (χ4n) is 2.02. The van der Waals surface area contributed by atoms with Crippen molar-refractivity contribution in [2.24, 2.45) is 0 Å². The van der Waals surface area contributed by atoms with Gasteiger partial charge in [0.05, 0.1) is 5.22 Å². The van der Waals surface area contributed by atoms with Crippen molar-refractivity contribution in [2.45, 2.75) is 6.42 Å². The molecule has 1 aromatic rings. The monoisotopic (exact) mass is 210 g/mol. The molecule has 1 aromatic heterocycles. The van der Waals surface area contributed by atoms with Gasteiger partial charge in [-0.1, -0.05) is 36.5 Å². The second-order valence-electron chi connectivity index (χ2n) is 3.77. The molecule has 2 aliphatic rings. The van der Waals surface area contributed by atoms with Crippen LogP contribution in [0.5, 0.6) is 0 Å². The van der Waals surface area contributed by atoms with Gasteiger partial charge in [0.25, 0.3) is 0 Å². The largest absolute Gasteiger partial charge is 0.423 e. The van der Waals surface area contributed by atoms with E-state index in [2.05, 4.69) is 6.08 Å². The maximum absolute atomic E-state index is 11.8. The van der Waals surface area contributed by atoms with E-state index in [9.17, 15) is 4.79 Å². The van der Waals surface area contributed by atoms with Gasteiger partial charge >= 0.3 is 5.63 Å². The predicted molar refractivity (Wildman–Crippen MR) is 64.2 cm³/mol. The molecular formula is C14H10O2. The van der Waals surface area contributed by atoms with Crippen LogP contribution >= 0.6 is 0 Å². The van der Waals surface area contributed by atoms with Crippen molar-refractivity contribution in [3.05, 3.63) is 62.6 Å². The van der Waals surface area contributed by atoms with E-state index in [4.69, 9.17) is 4.42 Å². The van der Waals surface area contributed by atoms with E-state index < -0.39 is 0 Å². The van der Waals surface area contributed by atoms with Crippen LogP contribution in [0.4, 0.5) is 0 Å². The summed E-state index contributed by atoms with van der Waals surface area (Å²) >= 11 is 0. The van der Waals surface area contributed by atoms with Crippen molar-refractivity contribution >= 4 is 18.2 Å². The minimum absolute atomic E-state index is 0.267. The molecule has 0 amide bonds. The zero-order valence-corrected chi connectivity index (χ0v) is 8.64. The summed E-state index contributed by atoms with van der Waals surface area (Å²) in [5, 5.41) is 0.646. The molecule has 16 heavy (non-hydrogen) atoms. The van der Waals surface area contributed by atoms with Crippen molar-refractivity contribution < 1.29 is 4.42 Å². The lowest BCUT2D eigenvalue weighted by atomic mass is 10.0. The van der Waals surface area contributed by atoms with Crippen molar-refractivity contribution in [2.75, 3.05) is 0 Å². The maximum Gasteiger partial charge on any atom is 0.344 e. The standard InChI is InChI=1S/C14H10O2/c15-14-12-8-3-1-2-6-10(12)11-7-4-5-9-13(11)16-14/h1-6,8-9H,7H2. The van der Waals surface area contributed by atoms with E-state index >= 15 is 0 Å². The Hall–Kier alpha value is -2.09. The van der Waals surface area contributed by atoms with Gasteiger partial charge < -0.3 is 4.42 Å². The zero-order chi connectivity index (χ0) is 11.0. The summed E-state index contributed by atoms with van der Waals surface area (Å²) in [5.74, 6) is 0. The third kappa shape index (κ3) is 1.31. The summed E-state index contributed by atoms with van der Waals surface area (Å²) in [4.78, 5) is 11.8. The van der Waals surface area contributed by atoms with Crippen molar-refractivity contribution in [3.63, 3.8) is 0 Å². The Bertz CT molecular complexity index is 697. The Labute approximate surface area is 92.2 Å². The van der Waals surface area contributed by atoms with Crippen LogP contribution in [0.25, 0.3) is 18.2 Å². The summed E-state index contributed by atoms with van der Waals surface area (Å²) in [6.07, 6.45) is 16.1. The fraction of sp³-hybridized carbons (Fsp3) is 0.0714. The van der Waals surface area contributed by atoms with Crippen LogP contribution < -0.4 is 16.3 Å². The Morgan fingerprint density at radius 3 is 2.94 bits per heavy atom. The van der Waals surface area contributed by atoms with Crippen LogP contribution in [0.2, 0.25) is 0 Å².